The highest BCUT2D eigenvalue weighted by atomic mass is 16.5. The zero-order valence-electron chi connectivity index (χ0n) is 11.2. The molecule has 0 radical (unpaired) electrons. The third kappa shape index (κ3) is 4.17. The second kappa shape index (κ2) is 7.90. The van der Waals surface area contributed by atoms with Crippen LogP contribution >= 0.6 is 0 Å². The van der Waals surface area contributed by atoms with Gasteiger partial charge in [0, 0.05) is 0 Å². The Kier molecular flexibility index (Phi) is 6.47. The van der Waals surface area contributed by atoms with Gasteiger partial charge in [-0.2, -0.15) is 0 Å². The molecule has 18 heavy (non-hydrogen) atoms. The van der Waals surface area contributed by atoms with Crippen LogP contribution < -0.4 is 0 Å². The van der Waals surface area contributed by atoms with Gasteiger partial charge in [0.15, 0.2) is 0 Å². The molecule has 0 unspecified atom stereocenters. The summed E-state index contributed by atoms with van der Waals surface area (Å²) in [6.07, 6.45) is 6.57. The molecule has 1 aliphatic carbocycles. The maximum absolute atomic E-state index is 11.9. The third-order valence-electron chi connectivity index (χ3n) is 2.93. The number of esters is 2. The van der Waals surface area contributed by atoms with Crippen molar-refractivity contribution in [3.63, 3.8) is 0 Å². The minimum absolute atomic E-state index is 0.278. The van der Waals surface area contributed by atoms with Gasteiger partial charge in [0.2, 0.25) is 0 Å². The summed E-state index contributed by atoms with van der Waals surface area (Å²) in [5.41, 5.74) is 0. The average Bonchev–Trinajstić information content (AvgIpc) is 2.42. The van der Waals surface area contributed by atoms with Crippen LogP contribution in [0.4, 0.5) is 0 Å². The van der Waals surface area contributed by atoms with Gasteiger partial charge in [0.25, 0.3) is 0 Å². The maximum atomic E-state index is 11.9. The first-order valence-corrected chi connectivity index (χ1v) is 6.69. The van der Waals surface area contributed by atoms with Crippen LogP contribution in [0.2, 0.25) is 0 Å². The van der Waals surface area contributed by atoms with E-state index in [9.17, 15) is 9.59 Å². The highest BCUT2D eigenvalue weighted by Gasteiger charge is 2.36. The van der Waals surface area contributed by atoms with E-state index in [0.29, 0.717) is 26.1 Å². The Morgan fingerprint density at radius 3 is 1.67 bits per heavy atom. The summed E-state index contributed by atoms with van der Waals surface area (Å²) >= 11 is 0. The SMILES string of the molecule is CCCOC(=O)[C@@H]1CC=CC[C@H]1C(=O)OCCC. The molecule has 0 N–H and O–H groups in total. The topological polar surface area (TPSA) is 52.6 Å². The van der Waals surface area contributed by atoms with Crippen molar-refractivity contribution in [3.05, 3.63) is 12.2 Å². The van der Waals surface area contributed by atoms with Crippen molar-refractivity contribution in [1.82, 2.24) is 0 Å². The highest BCUT2D eigenvalue weighted by Crippen LogP contribution is 2.28. The molecule has 0 aromatic heterocycles. The molecule has 2 atom stereocenters. The van der Waals surface area contributed by atoms with Crippen LogP contribution in [0, 0.1) is 11.8 Å². The maximum Gasteiger partial charge on any atom is 0.310 e. The standard InChI is InChI=1S/C14H22O4/c1-3-9-17-13(15)11-7-5-6-8-12(11)14(16)18-10-4-2/h5-6,11-12H,3-4,7-10H2,1-2H3/t11-,12-/m1/s1. The van der Waals surface area contributed by atoms with E-state index >= 15 is 0 Å². The Labute approximate surface area is 108 Å². The van der Waals surface area contributed by atoms with Crippen LogP contribution in [0.1, 0.15) is 39.5 Å². The molecule has 4 nitrogen and oxygen atoms in total. The van der Waals surface area contributed by atoms with Gasteiger partial charge in [-0.1, -0.05) is 26.0 Å². The monoisotopic (exact) mass is 254 g/mol. The van der Waals surface area contributed by atoms with Crippen LogP contribution in [0.25, 0.3) is 0 Å². The molecule has 0 saturated heterocycles. The van der Waals surface area contributed by atoms with E-state index in [1.54, 1.807) is 0 Å². The van der Waals surface area contributed by atoms with Crippen molar-refractivity contribution >= 4 is 11.9 Å². The molecular formula is C14H22O4. The van der Waals surface area contributed by atoms with Crippen LogP contribution in [0.15, 0.2) is 12.2 Å². The summed E-state index contributed by atoms with van der Waals surface area (Å²) in [7, 11) is 0. The summed E-state index contributed by atoms with van der Waals surface area (Å²) in [5, 5.41) is 0. The summed E-state index contributed by atoms with van der Waals surface area (Å²) in [5.74, 6) is -1.32. The van der Waals surface area contributed by atoms with Crippen LogP contribution in [0.5, 0.6) is 0 Å². The van der Waals surface area contributed by atoms with Crippen molar-refractivity contribution in [2.75, 3.05) is 13.2 Å². The fraction of sp³-hybridized carbons (Fsp3) is 0.714. The molecule has 0 fully saturated rings. The van der Waals surface area contributed by atoms with E-state index in [-0.39, 0.29) is 23.8 Å². The Morgan fingerprint density at radius 2 is 1.33 bits per heavy atom. The van der Waals surface area contributed by atoms with Crippen molar-refractivity contribution in [1.29, 1.82) is 0 Å². The number of allylic oxidation sites excluding steroid dienone is 2. The predicted octanol–water partition coefficient (Wildman–Crippen LogP) is 2.48. The van der Waals surface area contributed by atoms with Gasteiger partial charge in [-0.3, -0.25) is 9.59 Å². The van der Waals surface area contributed by atoms with E-state index in [0.717, 1.165) is 12.8 Å². The highest BCUT2D eigenvalue weighted by molar-refractivity contribution is 5.82. The second-order valence-corrected chi connectivity index (χ2v) is 4.49. The minimum atomic E-state index is -0.383. The summed E-state index contributed by atoms with van der Waals surface area (Å²) in [6.45, 7) is 4.72. The average molecular weight is 254 g/mol. The predicted molar refractivity (Wildman–Crippen MR) is 67.9 cm³/mol. The fourth-order valence-corrected chi connectivity index (χ4v) is 1.95. The Bertz CT molecular complexity index is 279. The van der Waals surface area contributed by atoms with Crippen molar-refractivity contribution in [2.45, 2.75) is 39.5 Å². The molecule has 0 aliphatic heterocycles. The summed E-state index contributed by atoms with van der Waals surface area (Å²) in [4.78, 5) is 23.8. The van der Waals surface area contributed by atoms with Crippen LogP contribution in [-0.4, -0.2) is 25.2 Å². The van der Waals surface area contributed by atoms with Crippen molar-refractivity contribution < 1.29 is 19.1 Å². The Balaban J connectivity index is 2.59. The number of hydrogen-bond donors (Lipinski definition) is 0. The van der Waals surface area contributed by atoms with Gasteiger partial charge in [0.05, 0.1) is 25.0 Å². The van der Waals surface area contributed by atoms with E-state index in [4.69, 9.17) is 9.47 Å². The van der Waals surface area contributed by atoms with Gasteiger partial charge in [-0.15, -0.1) is 0 Å². The van der Waals surface area contributed by atoms with Gasteiger partial charge in [0.1, 0.15) is 0 Å². The molecule has 1 rings (SSSR count). The van der Waals surface area contributed by atoms with E-state index in [1.165, 1.54) is 0 Å². The molecule has 0 spiro atoms. The zero-order valence-corrected chi connectivity index (χ0v) is 11.2. The molecule has 0 heterocycles. The summed E-state index contributed by atoms with van der Waals surface area (Å²) in [6, 6.07) is 0. The lowest BCUT2D eigenvalue weighted by Crippen LogP contribution is -2.33. The van der Waals surface area contributed by atoms with Crippen molar-refractivity contribution in [2.24, 2.45) is 11.8 Å². The largest absolute Gasteiger partial charge is 0.465 e. The summed E-state index contributed by atoms with van der Waals surface area (Å²) < 4.78 is 10.3. The smallest absolute Gasteiger partial charge is 0.310 e. The third-order valence-corrected chi connectivity index (χ3v) is 2.93. The first kappa shape index (κ1) is 14.7. The Hall–Kier alpha value is -1.32. The lowest BCUT2D eigenvalue weighted by molar-refractivity contribution is -0.161. The zero-order chi connectivity index (χ0) is 13.4. The minimum Gasteiger partial charge on any atom is -0.465 e. The molecule has 0 amide bonds. The van der Waals surface area contributed by atoms with Gasteiger partial charge in [-0.05, 0) is 25.7 Å². The van der Waals surface area contributed by atoms with Crippen LogP contribution in [-0.2, 0) is 19.1 Å². The normalized spacial score (nSPS) is 22.6. The molecule has 0 aromatic carbocycles. The van der Waals surface area contributed by atoms with E-state index in [1.807, 2.05) is 26.0 Å². The molecule has 102 valence electrons. The molecule has 4 heteroatoms. The van der Waals surface area contributed by atoms with Crippen LogP contribution in [0.3, 0.4) is 0 Å². The van der Waals surface area contributed by atoms with E-state index < -0.39 is 0 Å². The lowest BCUT2D eigenvalue weighted by atomic mass is 9.83. The van der Waals surface area contributed by atoms with Gasteiger partial charge in [-0.25, -0.2) is 0 Å². The van der Waals surface area contributed by atoms with E-state index in [2.05, 4.69) is 0 Å². The van der Waals surface area contributed by atoms with Gasteiger partial charge >= 0.3 is 11.9 Å². The lowest BCUT2D eigenvalue weighted by Gasteiger charge is -2.25. The first-order chi connectivity index (χ1) is 8.70. The number of carbonyl (C=O) groups is 2. The molecule has 0 saturated carbocycles. The molecular weight excluding hydrogens is 232 g/mol. The number of carbonyl (C=O) groups excluding carboxylic acids is 2. The second-order valence-electron chi connectivity index (χ2n) is 4.49. The molecule has 0 bridgehead atoms. The Morgan fingerprint density at radius 1 is 0.944 bits per heavy atom. The first-order valence-electron chi connectivity index (χ1n) is 6.69. The number of ether oxygens (including phenoxy) is 2. The van der Waals surface area contributed by atoms with Gasteiger partial charge < -0.3 is 9.47 Å². The quantitative estimate of drug-likeness (QED) is 0.539. The number of hydrogen-bond acceptors (Lipinski definition) is 4. The molecule has 0 aromatic rings. The fourth-order valence-electron chi connectivity index (χ4n) is 1.95. The molecule has 1 aliphatic rings. The van der Waals surface area contributed by atoms with Crippen molar-refractivity contribution in [3.8, 4) is 0 Å². The number of rotatable bonds is 6.